The van der Waals surface area contributed by atoms with Gasteiger partial charge in [0, 0.05) is 31.6 Å². The number of nitrogens with zero attached hydrogens (tertiary/aromatic N) is 5. The Morgan fingerprint density at radius 1 is 1.44 bits per heavy atom. The normalized spacial score (nSPS) is 18.2. The molecule has 1 aliphatic rings. The van der Waals surface area contributed by atoms with Crippen molar-refractivity contribution in [2.75, 3.05) is 32.0 Å². The molecular weight excluding hydrogens is 324 g/mol. The second-order valence-electron chi connectivity index (χ2n) is 6.43. The predicted octanol–water partition coefficient (Wildman–Crippen LogP) is 1.07. The van der Waals surface area contributed by atoms with Gasteiger partial charge in [0.2, 0.25) is 17.7 Å². The third-order valence-corrected chi connectivity index (χ3v) is 4.33. The second kappa shape index (κ2) is 7.75. The zero-order valence-corrected chi connectivity index (χ0v) is 14.9. The lowest BCUT2D eigenvalue weighted by atomic mass is 10.2. The molecule has 2 aromatic rings. The Hall–Kier alpha value is -2.26. The summed E-state index contributed by atoms with van der Waals surface area (Å²) in [6.45, 7) is 6.49. The number of anilines is 1. The van der Waals surface area contributed by atoms with Crippen LogP contribution >= 0.6 is 0 Å². The van der Waals surface area contributed by atoms with Crippen molar-refractivity contribution in [2.24, 2.45) is 0 Å². The Kier molecular flexibility index (Phi) is 5.44. The first kappa shape index (κ1) is 17.6. The molecule has 0 bridgehead atoms. The maximum atomic E-state index is 12.1. The van der Waals surface area contributed by atoms with Crippen molar-refractivity contribution in [3.05, 3.63) is 23.5 Å². The Bertz CT molecular complexity index is 712. The van der Waals surface area contributed by atoms with E-state index in [0.717, 1.165) is 31.6 Å². The summed E-state index contributed by atoms with van der Waals surface area (Å²) in [4.78, 5) is 20.8. The first-order valence-corrected chi connectivity index (χ1v) is 8.50. The lowest BCUT2D eigenvalue weighted by Gasteiger charge is -2.23. The first-order valence-electron chi connectivity index (χ1n) is 8.50. The van der Waals surface area contributed by atoms with E-state index in [2.05, 4.69) is 30.4 Å². The third-order valence-electron chi connectivity index (χ3n) is 4.33. The lowest BCUT2D eigenvalue weighted by molar-refractivity contribution is -0.117. The number of aromatic nitrogens is 3. The van der Waals surface area contributed by atoms with Crippen LogP contribution in [-0.2, 0) is 17.8 Å². The molecule has 0 aliphatic carbocycles. The van der Waals surface area contributed by atoms with E-state index in [-0.39, 0.29) is 5.91 Å². The Morgan fingerprint density at radius 2 is 2.28 bits per heavy atom. The van der Waals surface area contributed by atoms with Gasteiger partial charge in [0.1, 0.15) is 0 Å². The summed E-state index contributed by atoms with van der Waals surface area (Å²) in [7, 11) is 2.05. The van der Waals surface area contributed by atoms with E-state index in [9.17, 15) is 4.79 Å². The Balaban J connectivity index is 1.45. The number of hydrogen-bond acceptors (Lipinski definition) is 8. The molecule has 9 nitrogen and oxygen atoms in total. The van der Waals surface area contributed by atoms with Gasteiger partial charge in [0.15, 0.2) is 5.82 Å². The van der Waals surface area contributed by atoms with E-state index < -0.39 is 0 Å². The zero-order chi connectivity index (χ0) is 17.8. The number of hydrogen-bond donors (Lipinski definition) is 1. The number of likely N-dealkylation sites (N-methyl/N-ethyl adjacent to an activating group) is 1. The number of nitrogens with one attached hydrogen (secondary N) is 1. The fourth-order valence-electron chi connectivity index (χ4n) is 2.97. The molecule has 1 aliphatic heterocycles. The van der Waals surface area contributed by atoms with E-state index in [1.165, 1.54) is 0 Å². The minimum Gasteiger partial charge on any atom is -0.339 e. The highest BCUT2D eigenvalue weighted by atomic mass is 16.5. The predicted molar refractivity (Wildman–Crippen MR) is 89.9 cm³/mol. The molecule has 1 fully saturated rings. The van der Waals surface area contributed by atoms with Crippen LogP contribution in [0.15, 0.2) is 15.1 Å². The van der Waals surface area contributed by atoms with Crippen molar-refractivity contribution in [3.8, 4) is 0 Å². The highest BCUT2D eigenvalue weighted by Crippen LogP contribution is 2.16. The second-order valence-corrected chi connectivity index (χ2v) is 6.43. The largest absolute Gasteiger partial charge is 0.339 e. The van der Waals surface area contributed by atoms with Crippen LogP contribution in [0.1, 0.15) is 30.8 Å². The van der Waals surface area contributed by atoms with E-state index in [1.54, 1.807) is 6.07 Å². The quantitative estimate of drug-likeness (QED) is 0.793. The van der Waals surface area contributed by atoms with Gasteiger partial charge in [-0.25, -0.2) is 0 Å². The van der Waals surface area contributed by atoms with E-state index in [4.69, 9.17) is 9.05 Å². The maximum absolute atomic E-state index is 12.1. The molecule has 3 rings (SSSR count). The number of carbonyl (C=O) groups excluding carboxylic acids is 1. The van der Waals surface area contributed by atoms with Gasteiger partial charge in [-0.2, -0.15) is 4.98 Å². The molecule has 3 heterocycles. The number of aryl methyl sites for hydroxylation is 2. The van der Waals surface area contributed by atoms with Crippen molar-refractivity contribution in [1.82, 2.24) is 25.1 Å². The molecule has 0 radical (unpaired) electrons. The van der Waals surface area contributed by atoms with Gasteiger partial charge in [0.25, 0.3) is 0 Å². The fourth-order valence-corrected chi connectivity index (χ4v) is 2.97. The summed E-state index contributed by atoms with van der Waals surface area (Å²) in [6, 6.07) is 2.07. The molecular formula is C16H24N6O3. The average molecular weight is 348 g/mol. The summed E-state index contributed by atoms with van der Waals surface area (Å²) in [6.07, 6.45) is 1.75. The summed E-state index contributed by atoms with van der Waals surface area (Å²) >= 11 is 0. The molecule has 0 spiro atoms. The van der Waals surface area contributed by atoms with Gasteiger partial charge in [-0.1, -0.05) is 17.2 Å². The number of carbonyl (C=O) groups is 1. The highest BCUT2D eigenvalue weighted by molar-refractivity contribution is 5.90. The van der Waals surface area contributed by atoms with Crippen LogP contribution in [0.3, 0.4) is 0 Å². The average Bonchev–Trinajstić information content (AvgIpc) is 3.29. The van der Waals surface area contributed by atoms with Crippen LogP contribution in [0.2, 0.25) is 0 Å². The molecule has 2 aromatic heterocycles. The topological polar surface area (TPSA) is 101 Å². The minimum absolute atomic E-state index is 0.0924. The summed E-state index contributed by atoms with van der Waals surface area (Å²) in [5, 5.41) is 10.5. The van der Waals surface area contributed by atoms with Crippen molar-refractivity contribution >= 4 is 11.8 Å². The molecule has 0 aromatic carbocycles. The van der Waals surface area contributed by atoms with Crippen molar-refractivity contribution < 1.29 is 13.8 Å². The van der Waals surface area contributed by atoms with Crippen molar-refractivity contribution in [1.29, 1.82) is 0 Å². The molecule has 1 saturated heterocycles. The molecule has 9 heteroatoms. The van der Waals surface area contributed by atoms with Gasteiger partial charge in [-0.05, 0) is 20.4 Å². The molecule has 1 N–H and O–H groups in total. The molecule has 1 atom stereocenters. The standard InChI is InChI=1S/C16H24N6O3/c1-4-15-17-13(20-24-15)9-21(3)12-5-6-22(8-12)10-14(23)18-16-7-11(2)19-25-16/h7,12H,4-6,8-10H2,1-3H3,(H,18,23)/t12-/m0/s1. The van der Waals surface area contributed by atoms with Crippen LogP contribution in [0.25, 0.3) is 0 Å². The first-order chi connectivity index (χ1) is 12.0. The Labute approximate surface area is 146 Å². The van der Waals surface area contributed by atoms with E-state index in [0.29, 0.717) is 36.7 Å². The van der Waals surface area contributed by atoms with Crippen molar-refractivity contribution in [2.45, 2.75) is 39.3 Å². The van der Waals surface area contributed by atoms with Gasteiger partial charge < -0.3 is 9.05 Å². The zero-order valence-electron chi connectivity index (χ0n) is 14.9. The number of likely N-dealkylation sites (tertiary alicyclic amines) is 1. The number of amides is 1. The SMILES string of the molecule is CCc1nc(CN(C)[C@H]2CCN(CC(=O)Nc3cc(C)no3)C2)no1. The minimum atomic E-state index is -0.0924. The van der Waals surface area contributed by atoms with Crippen LogP contribution in [0.4, 0.5) is 5.88 Å². The molecule has 25 heavy (non-hydrogen) atoms. The monoisotopic (exact) mass is 348 g/mol. The molecule has 136 valence electrons. The smallest absolute Gasteiger partial charge is 0.240 e. The lowest BCUT2D eigenvalue weighted by Crippen LogP contribution is -2.37. The summed E-state index contributed by atoms with van der Waals surface area (Å²) in [5.74, 6) is 1.66. The summed E-state index contributed by atoms with van der Waals surface area (Å²) in [5.41, 5.74) is 0.742. The fraction of sp³-hybridized carbons (Fsp3) is 0.625. The van der Waals surface area contributed by atoms with Crippen LogP contribution in [0.5, 0.6) is 0 Å². The molecule has 0 unspecified atom stereocenters. The molecule has 1 amide bonds. The van der Waals surface area contributed by atoms with Gasteiger partial charge in [0.05, 0.1) is 18.8 Å². The maximum Gasteiger partial charge on any atom is 0.240 e. The third kappa shape index (κ3) is 4.64. The summed E-state index contributed by atoms with van der Waals surface area (Å²) < 4.78 is 10.1. The van der Waals surface area contributed by atoms with Crippen molar-refractivity contribution in [3.63, 3.8) is 0 Å². The van der Waals surface area contributed by atoms with E-state index >= 15 is 0 Å². The van der Waals surface area contributed by atoms with Gasteiger partial charge in [-0.3, -0.25) is 19.9 Å². The van der Waals surface area contributed by atoms with Crippen LogP contribution in [0, 0.1) is 6.92 Å². The number of rotatable bonds is 7. The highest BCUT2D eigenvalue weighted by Gasteiger charge is 2.27. The Morgan fingerprint density at radius 3 is 2.96 bits per heavy atom. The van der Waals surface area contributed by atoms with Crippen LogP contribution in [-0.4, -0.2) is 63.7 Å². The van der Waals surface area contributed by atoms with Gasteiger partial charge >= 0.3 is 0 Å². The molecule has 0 saturated carbocycles. The van der Waals surface area contributed by atoms with Gasteiger partial charge in [-0.15, -0.1) is 0 Å². The van der Waals surface area contributed by atoms with E-state index in [1.807, 2.05) is 20.9 Å². The van der Waals surface area contributed by atoms with Crippen LogP contribution < -0.4 is 5.32 Å².